The molecule has 4 heteroatoms. The first kappa shape index (κ1) is 11.8. The maximum absolute atomic E-state index is 11.5. The molecule has 0 aliphatic carbocycles. The van der Waals surface area contributed by atoms with Crippen molar-refractivity contribution in [3.8, 4) is 5.75 Å². The molecule has 0 heterocycles. The Morgan fingerprint density at radius 2 is 1.47 bits per heavy atom. The first-order valence-corrected chi connectivity index (χ1v) is 6.17. The van der Waals surface area contributed by atoms with Gasteiger partial charge in [-0.3, -0.25) is 4.18 Å². The molecule has 2 aromatic carbocycles. The summed E-state index contributed by atoms with van der Waals surface area (Å²) < 4.78 is 21.6. The van der Waals surface area contributed by atoms with Crippen LogP contribution < -0.4 is 4.18 Å². The monoisotopic (exact) mass is 248 g/mol. The molecule has 0 aromatic heterocycles. The molecule has 0 fully saturated rings. The lowest BCUT2D eigenvalue weighted by Crippen LogP contribution is -2.04. The van der Waals surface area contributed by atoms with E-state index in [1.54, 1.807) is 12.1 Å². The lowest BCUT2D eigenvalue weighted by Gasteiger charge is -2.04. The summed E-state index contributed by atoms with van der Waals surface area (Å²) in [4.78, 5) is 0. The zero-order chi connectivity index (χ0) is 11.9. The van der Waals surface area contributed by atoms with Gasteiger partial charge in [-0.25, -0.2) is 0 Å². The van der Waals surface area contributed by atoms with Crippen molar-refractivity contribution in [3.63, 3.8) is 0 Å². The molecule has 17 heavy (non-hydrogen) atoms. The van der Waals surface area contributed by atoms with Crippen LogP contribution in [0.1, 0.15) is 5.56 Å². The van der Waals surface area contributed by atoms with Gasteiger partial charge in [-0.05, 0) is 17.7 Å². The van der Waals surface area contributed by atoms with E-state index in [0.29, 0.717) is 5.75 Å². The summed E-state index contributed by atoms with van der Waals surface area (Å²) in [6, 6.07) is 18.5. The van der Waals surface area contributed by atoms with Gasteiger partial charge in [0.25, 0.3) is 0 Å². The van der Waals surface area contributed by atoms with Crippen molar-refractivity contribution >= 4 is 11.4 Å². The van der Waals surface area contributed by atoms with Crippen molar-refractivity contribution in [1.29, 1.82) is 0 Å². The fourth-order valence-corrected chi connectivity index (χ4v) is 1.82. The van der Waals surface area contributed by atoms with Crippen LogP contribution in [0.5, 0.6) is 5.75 Å². The minimum absolute atomic E-state index is 0.264. The van der Waals surface area contributed by atoms with Crippen molar-refractivity contribution in [2.75, 3.05) is 0 Å². The molecular formula is C13H12O3S. The molecule has 0 amide bonds. The highest BCUT2D eigenvalue weighted by Gasteiger charge is 2.03. The second-order valence-electron chi connectivity index (χ2n) is 3.35. The van der Waals surface area contributed by atoms with Gasteiger partial charge in [0, 0.05) is 0 Å². The molecule has 1 unspecified atom stereocenters. The highest BCUT2D eigenvalue weighted by Crippen LogP contribution is 2.11. The van der Waals surface area contributed by atoms with E-state index in [9.17, 15) is 4.21 Å². The Kier molecular flexibility index (Phi) is 4.30. The normalized spacial score (nSPS) is 12.0. The van der Waals surface area contributed by atoms with Gasteiger partial charge in [0.15, 0.2) is 0 Å². The van der Waals surface area contributed by atoms with Crippen molar-refractivity contribution in [1.82, 2.24) is 0 Å². The SMILES string of the molecule is O=S(OCc1ccccc1)Oc1ccccc1. The fourth-order valence-electron chi connectivity index (χ4n) is 1.27. The molecule has 0 radical (unpaired) electrons. The number of rotatable bonds is 5. The number of hydrogen-bond donors (Lipinski definition) is 0. The summed E-state index contributed by atoms with van der Waals surface area (Å²) in [7, 11) is 0. The van der Waals surface area contributed by atoms with E-state index < -0.39 is 11.4 Å². The highest BCUT2D eigenvalue weighted by molar-refractivity contribution is 7.75. The Labute approximate surface area is 103 Å². The van der Waals surface area contributed by atoms with Crippen molar-refractivity contribution in [3.05, 3.63) is 66.2 Å². The smallest absolute Gasteiger partial charge is 0.360 e. The van der Waals surface area contributed by atoms with Gasteiger partial charge in [0.05, 0.1) is 6.61 Å². The Morgan fingerprint density at radius 3 is 2.12 bits per heavy atom. The maximum Gasteiger partial charge on any atom is 0.360 e. The van der Waals surface area contributed by atoms with Crippen molar-refractivity contribution < 1.29 is 12.6 Å². The van der Waals surface area contributed by atoms with Crippen LogP contribution in [-0.4, -0.2) is 4.21 Å². The largest absolute Gasteiger partial charge is 0.380 e. The molecule has 1 atom stereocenters. The Morgan fingerprint density at radius 1 is 0.882 bits per heavy atom. The summed E-state index contributed by atoms with van der Waals surface area (Å²) in [5, 5.41) is 0. The van der Waals surface area contributed by atoms with Crippen molar-refractivity contribution in [2.24, 2.45) is 0 Å². The first-order chi connectivity index (χ1) is 8.34. The van der Waals surface area contributed by atoms with Crippen LogP contribution in [0.25, 0.3) is 0 Å². The zero-order valence-electron chi connectivity index (χ0n) is 9.11. The Bertz CT molecular complexity index is 471. The van der Waals surface area contributed by atoms with Gasteiger partial charge in [-0.2, -0.15) is 4.21 Å². The third-order valence-corrected chi connectivity index (χ3v) is 2.71. The van der Waals surface area contributed by atoms with Crippen LogP contribution >= 0.6 is 0 Å². The molecule has 0 aliphatic heterocycles. The molecule has 2 rings (SSSR count). The average molecular weight is 248 g/mol. The van der Waals surface area contributed by atoms with E-state index >= 15 is 0 Å². The summed E-state index contributed by atoms with van der Waals surface area (Å²) in [6.45, 7) is 0.264. The lowest BCUT2D eigenvalue weighted by molar-refractivity contribution is 0.301. The summed E-state index contributed by atoms with van der Waals surface area (Å²) in [5.74, 6) is 0.527. The summed E-state index contributed by atoms with van der Waals surface area (Å²) >= 11 is -1.77. The molecule has 0 N–H and O–H groups in total. The van der Waals surface area contributed by atoms with E-state index in [1.807, 2.05) is 48.5 Å². The van der Waals surface area contributed by atoms with Crippen LogP contribution in [0, 0.1) is 0 Å². The van der Waals surface area contributed by atoms with E-state index in [-0.39, 0.29) is 6.61 Å². The number of benzene rings is 2. The van der Waals surface area contributed by atoms with E-state index in [1.165, 1.54) is 0 Å². The number of para-hydroxylation sites is 1. The quantitative estimate of drug-likeness (QED) is 0.816. The molecular weight excluding hydrogens is 236 g/mol. The maximum atomic E-state index is 11.5. The van der Waals surface area contributed by atoms with Gasteiger partial charge >= 0.3 is 11.4 Å². The lowest BCUT2D eigenvalue weighted by atomic mass is 10.2. The second kappa shape index (κ2) is 6.18. The van der Waals surface area contributed by atoms with Gasteiger partial charge in [0.1, 0.15) is 5.75 Å². The van der Waals surface area contributed by atoms with Gasteiger partial charge in [0.2, 0.25) is 0 Å². The van der Waals surface area contributed by atoms with Crippen LogP contribution in [0.15, 0.2) is 60.7 Å². The van der Waals surface area contributed by atoms with Crippen LogP contribution in [0.2, 0.25) is 0 Å². The third-order valence-electron chi connectivity index (χ3n) is 2.07. The molecule has 0 spiro atoms. The predicted molar refractivity (Wildman–Crippen MR) is 66.4 cm³/mol. The van der Waals surface area contributed by atoms with Crippen LogP contribution in [-0.2, 0) is 22.2 Å². The predicted octanol–water partition coefficient (Wildman–Crippen LogP) is 2.86. The van der Waals surface area contributed by atoms with E-state index in [4.69, 9.17) is 8.37 Å². The molecule has 3 nitrogen and oxygen atoms in total. The average Bonchev–Trinajstić information content (AvgIpc) is 2.39. The van der Waals surface area contributed by atoms with Gasteiger partial charge in [-0.1, -0.05) is 48.5 Å². The molecule has 88 valence electrons. The number of hydrogen-bond acceptors (Lipinski definition) is 3. The Hall–Kier alpha value is -1.65. The minimum Gasteiger partial charge on any atom is -0.380 e. The molecule has 0 bridgehead atoms. The van der Waals surface area contributed by atoms with E-state index in [2.05, 4.69) is 0 Å². The summed E-state index contributed by atoms with van der Waals surface area (Å²) in [6.07, 6.45) is 0. The first-order valence-electron chi connectivity index (χ1n) is 5.17. The molecule has 0 saturated carbocycles. The van der Waals surface area contributed by atoms with E-state index in [0.717, 1.165) is 5.56 Å². The fraction of sp³-hybridized carbons (Fsp3) is 0.0769. The standard InChI is InChI=1S/C13H12O3S/c14-17(16-13-9-5-2-6-10-13)15-11-12-7-3-1-4-8-12/h1-10H,11H2. The van der Waals surface area contributed by atoms with Gasteiger partial charge < -0.3 is 4.18 Å². The van der Waals surface area contributed by atoms with Gasteiger partial charge in [-0.15, -0.1) is 0 Å². The zero-order valence-corrected chi connectivity index (χ0v) is 9.93. The highest BCUT2D eigenvalue weighted by atomic mass is 32.2. The molecule has 0 aliphatic rings. The van der Waals surface area contributed by atoms with Crippen LogP contribution in [0.3, 0.4) is 0 Å². The topological polar surface area (TPSA) is 35.5 Å². The second-order valence-corrected chi connectivity index (χ2v) is 4.16. The molecule has 0 saturated heterocycles. The van der Waals surface area contributed by atoms with Crippen molar-refractivity contribution in [2.45, 2.75) is 6.61 Å². The van der Waals surface area contributed by atoms with Crippen LogP contribution in [0.4, 0.5) is 0 Å². The third kappa shape index (κ3) is 4.01. The summed E-state index contributed by atoms with van der Waals surface area (Å²) in [5.41, 5.74) is 0.956. The Balaban J connectivity index is 1.83. The molecule has 2 aromatic rings. The minimum atomic E-state index is -1.77.